The van der Waals surface area contributed by atoms with Crippen molar-refractivity contribution < 1.29 is 18.7 Å². The minimum Gasteiger partial charge on any atom is -0.439 e. The smallest absolute Gasteiger partial charge is 0.410 e. The van der Waals surface area contributed by atoms with Crippen molar-refractivity contribution in [2.75, 3.05) is 6.54 Å². The van der Waals surface area contributed by atoms with E-state index in [1.54, 1.807) is 23.1 Å². The number of ether oxygens (including phenoxy) is 1. The van der Waals surface area contributed by atoms with Crippen molar-refractivity contribution in [2.45, 2.75) is 12.6 Å². The van der Waals surface area contributed by atoms with E-state index < -0.39 is 6.10 Å². The number of carbonyl (C=O) groups is 2. The molecule has 0 radical (unpaired) electrons. The first-order chi connectivity index (χ1) is 13.6. The van der Waals surface area contributed by atoms with Crippen LogP contribution in [0.5, 0.6) is 0 Å². The number of aldehydes is 1. The lowest BCUT2D eigenvalue weighted by atomic mass is 10.0. The van der Waals surface area contributed by atoms with Crippen molar-refractivity contribution in [3.05, 3.63) is 95.3 Å². The summed E-state index contributed by atoms with van der Waals surface area (Å²) in [5.74, 6) is -0.316. The average Bonchev–Trinajstić information content (AvgIpc) is 3.09. The Hall–Kier alpha value is -3.47. The van der Waals surface area contributed by atoms with E-state index in [0.717, 1.165) is 28.5 Å². The normalized spacial score (nSPS) is 16.1. The van der Waals surface area contributed by atoms with E-state index in [9.17, 15) is 14.0 Å². The topological polar surface area (TPSA) is 46.6 Å². The van der Waals surface area contributed by atoms with Crippen LogP contribution in [0.15, 0.2) is 72.8 Å². The molecule has 1 aliphatic heterocycles. The van der Waals surface area contributed by atoms with Gasteiger partial charge in [0, 0.05) is 12.1 Å². The highest BCUT2D eigenvalue weighted by atomic mass is 19.1. The molecule has 0 saturated carbocycles. The maximum Gasteiger partial charge on any atom is 0.410 e. The van der Waals surface area contributed by atoms with Crippen molar-refractivity contribution in [1.82, 2.24) is 4.90 Å². The summed E-state index contributed by atoms with van der Waals surface area (Å²) in [6.45, 7) is 0.860. The molecule has 4 rings (SSSR count). The van der Waals surface area contributed by atoms with Crippen LogP contribution in [0.2, 0.25) is 0 Å². The van der Waals surface area contributed by atoms with Crippen LogP contribution in [-0.4, -0.2) is 23.8 Å². The van der Waals surface area contributed by atoms with Gasteiger partial charge in [0.05, 0.1) is 6.54 Å². The van der Waals surface area contributed by atoms with Gasteiger partial charge in [0.25, 0.3) is 0 Å². The van der Waals surface area contributed by atoms with Crippen LogP contribution in [-0.2, 0) is 11.3 Å². The average molecular weight is 375 g/mol. The van der Waals surface area contributed by atoms with Gasteiger partial charge in [-0.3, -0.25) is 9.69 Å². The Balaban J connectivity index is 1.45. The fourth-order valence-corrected chi connectivity index (χ4v) is 3.30. The maximum absolute atomic E-state index is 13.1. The van der Waals surface area contributed by atoms with E-state index in [-0.39, 0.29) is 11.9 Å². The minimum absolute atomic E-state index is 0.316. The van der Waals surface area contributed by atoms with E-state index in [4.69, 9.17) is 4.74 Å². The number of amides is 1. The highest BCUT2D eigenvalue weighted by Crippen LogP contribution is 2.28. The van der Waals surface area contributed by atoms with Gasteiger partial charge in [-0.25, -0.2) is 9.18 Å². The first-order valence-corrected chi connectivity index (χ1v) is 8.98. The van der Waals surface area contributed by atoms with Gasteiger partial charge in [-0.05, 0) is 40.5 Å². The van der Waals surface area contributed by atoms with Crippen LogP contribution in [0.25, 0.3) is 11.1 Å². The molecule has 0 aromatic heterocycles. The van der Waals surface area contributed by atoms with Gasteiger partial charge in [-0.2, -0.15) is 0 Å². The van der Waals surface area contributed by atoms with Gasteiger partial charge in [0.1, 0.15) is 18.2 Å². The molecular weight excluding hydrogens is 357 g/mol. The zero-order chi connectivity index (χ0) is 19.5. The molecule has 1 heterocycles. The lowest BCUT2D eigenvalue weighted by molar-refractivity contribution is 0.112. The summed E-state index contributed by atoms with van der Waals surface area (Å²) in [6, 6.07) is 21.3. The number of halogens is 1. The Morgan fingerprint density at radius 1 is 1.00 bits per heavy atom. The number of nitrogens with zero attached hydrogens (tertiary/aromatic N) is 1. The zero-order valence-electron chi connectivity index (χ0n) is 15.0. The fourth-order valence-electron chi connectivity index (χ4n) is 3.30. The van der Waals surface area contributed by atoms with Crippen LogP contribution in [0, 0.1) is 5.82 Å². The third-order valence-electron chi connectivity index (χ3n) is 4.81. The molecule has 0 spiro atoms. The Labute approximate surface area is 162 Å². The third-order valence-corrected chi connectivity index (χ3v) is 4.81. The lowest BCUT2D eigenvalue weighted by Crippen LogP contribution is -2.23. The number of rotatable bonds is 5. The number of hydrogen-bond donors (Lipinski definition) is 0. The molecule has 3 aromatic carbocycles. The van der Waals surface area contributed by atoms with Gasteiger partial charge in [0.2, 0.25) is 0 Å². The molecule has 0 bridgehead atoms. The van der Waals surface area contributed by atoms with Gasteiger partial charge in [-0.15, -0.1) is 0 Å². The quantitative estimate of drug-likeness (QED) is 0.590. The zero-order valence-corrected chi connectivity index (χ0v) is 15.0. The van der Waals surface area contributed by atoms with Crippen molar-refractivity contribution in [1.29, 1.82) is 0 Å². The molecule has 1 saturated heterocycles. The summed E-state index contributed by atoms with van der Waals surface area (Å²) in [5, 5.41) is 0. The highest BCUT2D eigenvalue weighted by Gasteiger charge is 2.32. The molecule has 1 aliphatic rings. The Bertz CT molecular complexity index is 999. The number of carbonyl (C=O) groups excluding carboxylic acids is 2. The summed E-state index contributed by atoms with van der Waals surface area (Å²) in [4.78, 5) is 24.8. The van der Waals surface area contributed by atoms with Crippen molar-refractivity contribution in [3.63, 3.8) is 0 Å². The second kappa shape index (κ2) is 7.64. The second-order valence-electron chi connectivity index (χ2n) is 6.74. The molecule has 0 aliphatic carbocycles. The number of cyclic esters (lactones) is 1. The van der Waals surface area contributed by atoms with Gasteiger partial charge >= 0.3 is 6.09 Å². The van der Waals surface area contributed by atoms with Crippen LogP contribution in [0.1, 0.15) is 27.6 Å². The van der Waals surface area contributed by atoms with Gasteiger partial charge in [0.15, 0.2) is 0 Å². The second-order valence-corrected chi connectivity index (χ2v) is 6.74. The van der Waals surface area contributed by atoms with Crippen LogP contribution in [0.3, 0.4) is 0 Å². The van der Waals surface area contributed by atoms with E-state index >= 15 is 0 Å². The Kier molecular flexibility index (Phi) is 4.89. The molecule has 1 fully saturated rings. The standard InChI is InChI=1S/C23H18FNO3/c24-21-10-8-19(9-11-21)22-14-25(23(27)28-22)13-16-4-6-18(7-5-16)20-3-1-2-17(12-20)15-26/h1-12,15,22H,13-14H2. The molecular formula is C23H18FNO3. The lowest BCUT2D eigenvalue weighted by Gasteiger charge is -2.13. The van der Waals surface area contributed by atoms with Crippen molar-refractivity contribution in [2.24, 2.45) is 0 Å². The summed E-state index contributed by atoms with van der Waals surface area (Å²) in [6.07, 6.45) is 0.0598. The summed E-state index contributed by atoms with van der Waals surface area (Å²) in [5.41, 5.74) is 4.36. The fraction of sp³-hybridized carbons (Fsp3) is 0.130. The van der Waals surface area contributed by atoms with Crippen molar-refractivity contribution >= 4 is 12.4 Å². The summed E-state index contributed by atoms with van der Waals surface area (Å²) < 4.78 is 18.5. The molecule has 4 nitrogen and oxygen atoms in total. The first-order valence-electron chi connectivity index (χ1n) is 8.98. The molecule has 1 amide bonds. The SMILES string of the molecule is O=Cc1cccc(-c2ccc(CN3CC(c4ccc(F)cc4)OC3=O)cc2)c1. The number of hydrogen-bond acceptors (Lipinski definition) is 3. The van der Waals surface area contributed by atoms with Crippen LogP contribution in [0.4, 0.5) is 9.18 Å². The molecule has 1 unspecified atom stereocenters. The van der Waals surface area contributed by atoms with Crippen LogP contribution >= 0.6 is 0 Å². The van der Waals surface area contributed by atoms with Crippen LogP contribution < -0.4 is 0 Å². The van der Waals surface area contributed by atoms with Crippen molar-refractivity contribution in [3.8, 4) is 11.1 Å². The van der Waals surface area contributed by atoms with E-state index in [0.29, 0.717) is 18.7 Å². The minimum atomic E-state index is -0.390. The van der Waals surface area contributed by atoms with E-state index in [1.165, 1.54) is 12.1 Å². The summed E-state index contributed by atoms with van der Waals surface area (Å²) in [7, 11) is 0. The largest absolute Gasteiger partial charge is 0.439 e. The molecule has 3 aromatic rings. The first kappa shape index (κ1) is 17.9. The summed E-state index contributed by atoms with van der Waals surface area (Å²) >= 11 is 0. The molecule has 1 atom stereocenters. The van der Waals surface area contributed by atoms with E-state index in [2.05, 4.69) is 0 Å². The highest BCUT2D eigenvalue weighted by molar-refractivity contribution is 5.78. The molecule has 140 valence electrons. The molecule has 0 N–H and O–H groups in total. The Morgan fingerprint density at radius 3 is 2.46 bits per heavy atom. The molecule has 5 heteroatoms. The van der Waals surface area contributed by atoms with E-state index in [1.807, 2.05) is 42.5 Å². The van der Waals surface area contributed by atoms with Gasteiger partial charge < -0.3 is 4.74 Å². The maximum atomic E-state index is 13.1. The number of benzene rings is 3. The molecule has 28 heavy (non-hydrogen) atoms. The predicted molar refractivity (Wildman–Crippen MR) is 103 cm³/mol. The Morgan fingerprint density at radius 2 is 1.75 bits per heavy atom. The van der Waals surface area contributed by atoms with Gasteiger partial charge in [-0.1, -0.05) is 54.6 Å². The monoisotopic (exact) mass is 375 g/mol. The third kappa shape index (κ3) is 3.78. The predicted octanol–water partition coefficient (Wildman–Crippen LogP) is 5.00.